The number of hydrogen-bond acceptors (Lipinski definition) is 0. The molecule has 0 saturated carbocycles. The molecule has 0 bridgehead atoms. The molecule has 3 aromatic carbocycles. The Morgan fingerprint density at radius 2 is 1.03 bits per heavy atom. The van der Waals surface area contributed by atoms with Crippen molar-refractivity contribution in [2.75, 3.05) is 0 Å². The maximum Gasteiger partial charge on any atom is -1.00 e. The molecule has 1 atom stereocenters. The Balaban J connectivity index is 0.00000204. The fourth-order valence-corrected chi connectivity index (χ4v) is 6.44. The quantitative estimate of drug-likeness (QED) is 0.272. The molecule has 1 unspecified atom stereocenters. The van der Waals surface area contributed by atoms with Gasteiger partial charge in [0.15, 0.2) is 0 Å². The van der Waals surface area contributed by atoms with E-state index in [0.29, 0.717) is 0 Å². The van der Waals surface area contributed by atoms with Gasteiger partial charge in [-0.25, -0.2) is 0 Å². The predicted octanol–water partition coefficient (Wildman–Crippen LogP) is -0.963. The van der Waals surface area contributed by atoms with Gasteiger partial charge in [0.05, 0.1) is 0 Å². The van der Waals surface area contributed by atoms with E-state index in [4.69, 9.17) is 0 Å². The maximum absolute atomic E-state index is 2.59. The van der Waals surface area contributed by atoms with Crippen LogP contribution in [0.25, 0.3) is 0 Å². The van der Waals surface area contributed by atoms with Gasteiger partial charge in [-0.15, -0.1) is 0 Å². The molecule has 0 nitrogen and oxygen atoms in total. The Hall–Kier alpha value is -1.06. The third-order valence-electron chi connectivity index (χ3n) is 6.94. The van der Waals surface area contributed by atoms with Gasteiger partial charge in [-0.05, 0) is 0 Å². The van der Waals surface area contributed by atoms with Gasteiger partial charge in [0.25, 0.3) is 0 Å². The number of halogens is 3. The van der Waals surface area contributed by atoms with Crippen LogP contribution in [0.2, 0.25) is 23.0 Å². The van der Waals surface area contributed by atoms with Crippen LogP contribution in [-0.4, -0.2) is 8.07 Å². The van der Waals surface area contributed by atoms with Gasteiger partial charge in [-0.1, -0.05) is 0 Å². The molecule has 35 heavy (non-hydrogen) atoms. The van der Waals surface area contributed by atoms with E-state index in [1.807, 2.05) is 0 Å². The molecule has 182 valence electrons. The second-order valence-corrected chi connectivity index (χ2v) is 17.8. The summed E-state index contributed by atoms with van der Waals surface area (Å²) in [4.78, 5) is 0. The van der Waals surface area contributed by atoms with Crippen LogP contribution in [0.5, 0.6) is 0 Å². The molecule has 0 heterocycles. The molecule has 1 aliphatic rings. The number of allylic oxidation sites excluding steroid dienone is 4. The van der Waals surface area contributed by atoms with Crippen LogP contribution in [0.1, 0.15) is 33.4 Å². The van der Waals surface area contributed by atoms with Gasteiger partial charge < -0.3 is 37.2 Å². The van der Waals surface area contributed by atoms with Crippen molar-refractivity contribution in [3.8, 4) is 0 Å². The van der Waals surface area contributed by atoms with Crippen molar-refractivity contribution in [2.45, 2.75) is 49.2 Å². The molecule has 0 aromatic heterocycles. The van der Waals surface area contributed by atoms with E-state index < -0.39 is 8.07 Å². The Bertz CT molecular complexity index is 1120. The summed E-state index contributed by atoms with van der Waals surface area (Å²) < 4.78 is 0.130. The minimum atomic E-state index is -1.47. The normalized spacial score (nSPS) is 17.1. The average Bonchev–Trinajstić information content (AvgIpc) is 3.13. The summed E-state index contributed by atoms with van der Waals surface area (Å²) in [6.45, 7) is 14.0. The summed E-state index contributed by atoms with van der Waals surface area (Å²) in [6, 6.07) is 27.3. The van der Waals surface area contributed by atoms with Crippen molar-refractivity contribution < 1.29 is 57.7 Å². The smallest absolute Gasteiger partial charge is 1.00 e. The first kappa shape index (κ1) is 32.0. The summed E-state index contributed by atoms with van der Waals surface area (Å²) in [5.74, 6) is 0. The van der Waals surface area contributed by atoms with E-state index in [0.717, 1.165) is 0 Å². The zero-order chi connectivity index (χ0) is 23.1. The molecule has 0 spiro atoms. The molecular formula is C30H33Cl3SiTi. The van der Waals surface area contributed by atoms with Crippen molar-refractivity contribution in [3.05, 3.63) is 130 Å². The van der Waals surface area contributed by atoms with Crippen molar-refractivity contribution in [2.24, 2.45) is 0 Å². The van der Waals surface area contributed by atoms with Crippen molar-refractivity contribution in [1.82, 2.24) is 0 Å². The number of benzene rings is 3. The van der Waals surface area contributed by atoms with Crippen LogP contribution in [0, 0.1) is 20.8 Å². The van der Waals surface area contributed by atoms with E-state index >= 15 is 0 Å². The molecule has 0 N–H and O–H groups in total. The van der Waals surface area contributed by atoms with Gasteiger partial charge in [-0.3, -0.25) is 0 Å². The van der Waals surface area contributed by atoms with Crippen LogP contribution in [0.4, 0.5) is 0 Å². The minimum absolute atomic E-state index is 0. The molecule has 0 saturated heterocycles. The molecule has 1 aliphatic carbocycles. The molecule has 5 heteroatoms. The third kappa shape index (κ3) is 5.93. The Labute approximate surface area is 243 Å². The summed E-state index contributed by atoms with van der Waals surface area (Å²) in [6.07, 6.45) is 7.49. The zero-order valence-electron chi connectivity index (χ0n) is 21.3. The third-order valence-corrected chi connectivity index (χ3v) is 13.7. The van der Waals surface area contributed by atoms with Crippen molar-refractivity contribution >= 4 is 8.07 Å². The molecular weight excluding hydrogens is 543 g/mol. The fraction of sp³-hybridized carbons (Fsp3) is 0.267. The number of hydrogen-bond donors (Lipinski definition) is 0. The topological polar surface area (TPSA) is 0 Å². The van der Waals surface area contributed by atoms with E-state index in [9.17, 15) is 0 Å². The zero-order valence-corrected chi connectivity index (χ0v) is 26.1. The van der Waals surface area contributed by atoms with E-state index in [2.05, 4.69) is 152 Å². The van der Waals surface area contributed by atoms with Crippen molar-refractivity contribution in [3.63, 3.8) is 0 Å². The van der Waals surface area contributed by atoms with Crippen LogP contribution in [0.15, 0.2) is 96.6 Å². The molecule has 0 aliphatic heterocycles. The van der Waals surface area contributed by atoms with Crippen molar-refractivity contribution in [1.29, 1.82) is 0 Å². The maximum atomic E-state index is 2.59. The second kappa shape index (κ2) is 12.0. The van der Waals surface area contributed by atoms with Gasteiger partial charge in [-0.2, -0.15) is 0 Å². The first-order valence-electron chi connectivity index (χ1n) is 11.5. The summed E-state index contributed by atoms with van der Waals surface area (Å²) in [5.41, 5.74) is 8.94. The summed E-state index contributed by atoms with van der Waals surface area (Å²) >= 11 is 2.43. The van der Waals surface area contributed by atoms with Crippen LogP contribution < -0.4 is 37.2 Å². The molecule has 0 amide bonds. The van der Waals surface area contributed by atoms with Crippen LogP contribution in [-0.2, 0) is 25.9 Å². The van der Waals surface area contributed by atoms with Gasteiger partial charge >= 0.3 is 208 Å². The second-order valence-electron chi connectivity index (χ2n) is 10.4. The summed E-state index contributed by atoms with van der Waals surface area (Å²) in [7, 11) is -1.47. The molecule has 0 fully saturated rings. The van der Waals surface area contributed by atoms with E-state index in [1.54, 1.807) is 0 Å². The van der Waals surface area contributed by atoms with E-state index in [-0.39, 0.29) is 46.0 Å². The van der Waals surface area contributed by atoms with Gasteiger partial charge in [0, 0.05) is 0 Å². The average molecular weight is 576 g/mol. The van der Waals surface area contributed by atoms with Crippen LogP contribution >= 0.6 is 0 Å². The first-order valence-corrected chi connectivity index (χ1v) is 15.7. The van der Waals surface area contributed by atoms with E-state index in [1.165, 1.54) is 39.0 Å². The predicted molar refractivity (Wildman–Crippen MR) is 137 cm³/mol. The standard InChI is InChI=1S/C30H33Si.3ClH.Ti/c1-22-10-7-13-25(18-22)30(26-14-8-11-23(2)19-26,27-15-9-12-24(3)20-27)28-16-17-29(21-28)31(4,5)6;;;;/h7-21H,1-6H3;3*1H;/q;;;;+3/p-3. The van der Waals surface area contributed by atoms with Crippen LogP contribution in [0.3, 0.4) is 0 Å². The number of aryl methyl sites for hydroxylation is 3. The molecule has 3 aromatic rings. The SMILES string of the molecule is Cc1cccc(C(C2=C[C]([Ti+3])([Si](C)(C)C)C=C2)(c2cccc(C)c2)c2cccc(C)c2)c1.[Cl-].[Cl-].[Cl-]. The largest absolute Gasteiger partial charge is 1.00 e. The minimum Gasteiger partial charge on any atom is -1.00 e. The van der Waals surface area contributed by atoms with Gasteiger partial charge in [0.1, 0.15) is 0 Å². The molecule has 0 radical (unpaired) electrons. The first-order chi connectivity index (χ1) is 15.1. The molecule has 4 rings (SSSR count). The number of rotatable bonds is 5. The fourth-order valence-electron chi connectivity index (χ4n) is 4.90. The Morgan fingerprint density at radius 1 is 0.657 bits per heavy atom. The van der Waals surface area contributed by atoms with Gasteiger partial charge in [0.2, 0.25) is 0 Å². The monoisotopic (exact) mass is 574 g/mol. The summed E-state index contributed by atoms with van der Waals surface area (Å²) in [5, 5.41) is 0. The Morgan fingerprint density at radius 3 is 1.31 bits per heavy atom. The Kier molecular flexibility index (Phi) is 11.0.